The maximum Gasteiger partial charge on any atom is 0.0879 e. The molecule has 0 fully saturated rings. The Bertz CT molecular complexity index is 632. The van der Waals surface area contributed by atoms with Crippen molar-refractivity contribution in [1.82, 2.24) is 15.5 Å². The summed E-state index contributed by atoms with van der Waals surface area (Å²) < 4.78 is 0. The predicted molar refractivity (Wildman–Crippen MR) is 95.6 cm³/mol. The van der Waals surface area contributed by atoms with Crippen molar-refractivity contribution < 1.29 is 0 Å². The van der Waals surface area contributed by atoms with Crippen LogP contribution >= 0.6 is 0 Å². The zero-order valence-corrected chi connectivity index (χ0v) is 14.0. The number of rotatable bonds is 5. The number of nitrogens with zero attached hydrogens (tertiary/aromatic N) is 1. The molecule has 0 saturated carbocycles. The Labute approximate surface area is 139 Å². The van der Waals surface area contributed by atoms with Crippen molar-refractivity contribution in [1.29, 1.82) is 0 Å². The molecule has 0 aromatic heterocycles. The monoisotopic (exact) mass is 309 g/mol. The first-order valence-electron chi connectivity index (χ1n) is 9.07. The van der Waals surface area contributed by atoms with Crippen LogP contribution in [0.15, 0.2) is 42.1 Å². The molecule has 2 atom stereocenters. The van der Waals surface area contributed by atoms with Crippen LogP contribution in [0.1, 0.15) is 49.8 Å². The van der Waals surface area contributed by atoms with Gasteiger partial charge in [0.1, 0.15) is 0 Å². The van der Waals surface area contributed by atoms with Crippen LogP contribution in [0, 0.1) is 5.92 Å². The van der Waals surface area contributed by atoms with E-state index in [1.165, 1.54) is 42.5 Å². The molecule has 0 radical (unpaired) electrons. The lowest BCUT2D eigenvalue weighted by molar-refractivity contribution is 0.273. The third kappa shape index (κ3) is 2.67. The van der Waals surface area contributed by atoms with Crippen molar-refractivity contribution in [2.24, 2.45) is 5.92 Å². The van der Waals surface area contributed by atoms with Crippen molar-refractivity contribution in [3.63, 3.8) is 0 Å². The minimum Gasteiger partial charge on any atom is -0.372 e. The number of fused-ring (bicyclic) bond motifs is 3. The van der Waals surface area contributed by atoms with Gasteiger partial charge in [-0.05, 0) is 37.3 Å². The van der Waals surface area contributed by atoms with E-state index in [0.29, 0.717) is 6.04 Å². The largest absolute Gasteiger partial charge is 0.372 e. The summed E-state index contributed by atoms with van der Waals surface area (Å²) in [6.07, 6.45) is 9.69. The Morgan fingerprint density at radius 1 is 1.30 bits per heavy atom. The van der Waals surface area contributed by atoms with Crippen molar-refractivity contribution in [2.45, 2.75) is 38.6 Å². The summed E-state index contributed by atoms with van der Waals surface area (Å²) in [4.78, 5) is 2.56. The van der Waals surface area contributed by atoms with Gasteiger partial charge >= 0.3 is 0 Å². The number of benzene rings is 1. The van der Waals surface area contributed by atoms with Crippen LogP contribution in [0.5, 0.6) is 0 Å². The molecule has 2 N–H and O–H groups in total. The number of hydrogen-bond donors (Lipinski definition) is 2. The van der Waals surface area contributed by atoms with E-state index in [2.05, 4.69) is 59.0 Å². The van der Waals surface area contributed by atoms with E-state index < -0.39 is 0 Å². The summed E-state index contributed by atoms with van der Waals surface area (Å²) in [7, 11) is 0. The van der Waals surface area contributed by atoms with Crippen LogP contribution in [-0.2, 0) is 0 Å². The summed E-state index contributed by atoms with van der Waals surface area (Å²) in [6.45, 7) is 5.46. The Balaban J connectivity index is 1.61. The zero-order chi connectivity index (χ0) is 15.6. The van der Waals surface area contributed by atoms with Crippen LogP contribution in [0.2, 0.25) is 0 Å². The zero-order valence-electron chi connectivity index (χ0n) is 14.0. The van der Waals surface area contributed by atoms with Crippen molar-refractivity contribution >= 4 is 5.70 Å². The van der Waals surface area contributed by atoms with Crippen LogP contribution in [0.25, 0.3) is 5.70 Å². The van der Waals surface area contributed by atoms with Crippen LogP contribution in [-0.4, -0.2) is 24.7 Å². The lowest BCUT2D eigenvalue weighted by atomic mass is 9.83. The highest BCUT2D eigenvalue weighted by atomic mass is 15.3. The highest BCUT2D eigenvalue weighted by Gasteiger charge is 2.37. The predicted octanol–water partition coefficient (Wildman–Crippen LogP) is 3.63. The van der Waals surface area contributed by atoms with Crippen LogP contribution < -0.4 is 10.6 Å². The van der Waals surface area contributed by atoms with Crippen molar-refractivity contribution in [3.05, 3.63) is 53.2 Å². The molecule has 3 aliphatic heterocycles. The molecular formula is C20H27N3. The fraction of sp³-hybridized carbons (Fsp3) is 0.500. The minimum absolute atomic E-state index is 0.528. The Kier molecular flexibility index (Phi) is 4.13. The first-order chi connectivity index (χ1) is 11.4. The van der Waals surface area contributed by atoms with Crippen LogP contribution in [0.4, 0.5) is 0 Å². The lowest BCUT2D eigenvalue weighted by Crippen LogP contribution is -2.28. The fourth-order valence-corrected chi connectivity index (χ4v) is 4.45. The molecule has 3 heterocycles. The van der Waals surface area contributed by atoms with Gasteiger partial charge in [0, 0.05) is 18.3 Å². The normalized spacial score (nSPS) is 23.7. The smallest absolute Gasteiger partial charge is 0.0879 e. The van der Waals surface area contributed by atoms with Gasteiger partial charge in [-0.25, -0.2) is 0 Å². The molecule has 4 rings (SSSR count). The van der Waals surface area contributed by atoms with E-state index in [-0.39, 0.29) is 0 Å². The molecule has 3 aliphatic rings. The average molecular weight is 309 g/mol. The second kappa shape index (κ2) is 6.40. The quantitative estimate of drug-likeness (QED) is 0.813. The van der Waals surface area contributed by atoms with E-state index in [0.717, 1.165) is 25.7 Å². The molecule has 0 bridgehead atoms. The van der Waals surface area contributed by atoms with Gasteiger partial charge in [-0.3, -0.25) is 0 Å². The Morgan fingerprint density at radius 3 is 3.04 bits per heavy atom. The van der Waals surface area contributed by atoms with E-state index >= 15 is 0 Å². The first-order valence-corrected chi connectivity index (χ1v) is 9.07. The molecule has 23 heavy (non-hydrogen) atoms. The van der Waals surface area contributed by atoms with E-state index in [1.54, 1.807) is 5.57 Å². The molecule has 0 saturated heterocycles. The first kappa shape index (κ1) is 14.8. The molecule has 3 heteroatoms. The summed E-state index contributed by atoms with van der Waals surface area (Å²) >= 11 is 0. The number of nitrogens with one attached hydrogen (secondary N) is 2. The standard InChI is InChI=1S/C20H27N3/c1-2-5-16(15-8-10-21-11-9-15)12-19-17-6-3-4-7-18(17)20-13-22-14-23(19)20/h3-4,6-8,13,16,19,21-22H,2,5,9-12,14H2,1H3. The molecule has 2 unspecified atom stereocenters. The minimum atomic E-state index is 0.528. The van der Waals surface area contributed by atoms with Crippen molar-refractivity contribution in [3.8, 4) is 0 Å². The molecule has 3 nitrogen and oxygen atoms in total. The average Bonchev–Trinajstić information content (AvgIpc) is 3.18. The lowest BCUT2D eigenvalue weighted by Gasteiger charge is -2.30. The topological polar surface area (TPSA) is 27.3 Å². The van der Waals surface area contributed by atoms with E-state index in [1.807, 2.05) is 0 Å². The highest BCUT2D eigenvalue weighted by molar-refractivity contribution is 5.73. The summed E-state index contributed by atoms with van der Waals surface area (Å²) in [5.74, 6) is 0.722. The van der Waals surface area contributed by atoms with Gasteiger partial charge in [-0.1, -0.05) is 49.3 Å². The summed E-state index contributed by atoms with van der Waals surface area (Å²) in [5, 5.41) is 6.87. The highest BCUT2D eigenvalue weighted by Crippen LogP contribution is 2.46. The molecule has 0 spiro atoms. The SMILES string of the molecule is CCCC(CC1c2ccccc2C2=CNCN21)C1=CCNCC1. The maximum atomic E-state index is 3.45. The van der Waals surface area contributed by atoms with Gasteiger partial charge < -0.3 is 15.5 Å². The van der Waals surface area contributed by atoms with Gasteiger partial charge in [0.05, 0.1) is 18.4 Å². The maximum absolute atomic E-state index is 3.45. The van der Waals surface area contributed by atoms with Gasteiger partial charge in [0.25, 0.3) is 0 Å². The van der Waals surface area contributed by atoms with Gasteiger partial charge in [-0.2, -0.15) is 0 Å². The fourth-order valence-electron chi connectivity index (χ4n) is 4.45. The molecular weight excluding hydrogens is 282 g/mol. The Morgan fingerprint density at radius 2 is 2.22 bits per heavy atom. The van der Waals surface area contributed by atoms with Crippen LogP contribution in [0.3, 0.4) is 0 Å². The van der Waals surface area contributed by atoms with Gasteiger partial charge in [-0.15, -0.1) is 0 Å². The second-order valence-corrected chi connectivity index (χ2v) is 6.92. The molecule has 0 aliphatic carbocycles. The van der Waals surface area contributed by atoms with E-state index in [4.69, 9.17) is 0 Å². The molecule has 0 amide bonds. The Hall–Kier alpha value is -1.74. The molecule has 122 valence electrons. The third-order valence-corrected chi connectivity index (χ3v) is 5.55. The number of hydrogen-bond acceptors (Lipinski definition) is 3. The summed E-state index contributed by atoms with van der Waals surface area (Å²) in [6, 6.07) is 9.50. The molecule has 1 aromatic carbocycles. The van der Waals surface area contributed by atoms with Gasteiger partial charge in [0.2, 0.25) is 0 Å². The van der Waals surface area contributed by atoms with Crippen molar-refractivity contribution in [2.75, 3.05) is 19.8 Å². The van der Waals surface area contributed by atoms with E-state index in [9.17, 15) is 0 Å². The third-order valence-electron chi connectivity index (χ3n) is 5.55. The van der Waals surface area contributed by atoms with Gasteiger partial charge in [0.15, 0.2) is 0 Å². The second-order valence-electron chi connectivity index (χ2n) is 6.92. The molecule has 1 aromatic rings. The summed E-state index contributed by atoms with van der Waals surface area (Å²) in [5.41, 5.74) is 6.03.